The molecular weight excluding hydrogens is 317 g/mol. The fourth-order valence-corrected chi connectivity index (χ4v) is 2.69. The topological polar surface area (TPSA) is 44.5 Å². The number of ether oxygens (including phenoxy) is 2. The molecule has 0 aliphatic heterocycles. The summed E-state index contributed by atoms with van der Waals surface area (Å²) >= 11 is 0. The average Bonchev–Trinajstić information content (AvgIpc) is 2.60. The van der Waals surface area contributed by atoms with E-state index in [-0.39, 0.29) is 17.5 Å². The van der Waals surface area contributed by atoms with Crippen molar-refractivity contribution < 1.29 is 13.9 Å². The number of nitrogens with two attached hydrogens (primary N) is 1. The van der Waals surface area contributed by atoms with Crippen LogP contribution in [0, 0.1) is 11.7 Å². The van der Waals surface area contributed by atoms with E-state index in [2.05, 4.69) is 19.9 Å². The van der Waals surface area contributed by atoms with Gasteiger partial charge in [0, 0.05) is 5.92 Å². The monoisotopic (exact) mass is 345 g/mol. The second-order valence-electron chi connectivity index (χ2n) is 6.61. The second-order valence-corrected chi connectivity index (χ2v) is 6.61. The number of rotatable bonds is 9. The van der Waals surface area contributed by atoms with E-state index in [1.54, 1.807) is 6.07 Å². The van der Waals surface area contributed by atoms with Crippen LogP contribution in [0.4, 0.5) is 4.39 Å². The highest BCUT2D eigenvalue weighted by Crippen LogP contribution is 2.26. The molecule has 0 fully saturated rings. The van der Waals surface area contributed by atoms with Gasteiger partial charge < -0.3 is 15.2 Å². The Morgan fingerprint density at radius 1 is 1.08 bits per heavy atom. The van der Waals surface area contributed by atoms with Gasteiger partial charge in [0.15, 0.2) is 11.6 Å². The molecule has 0 spiro atoms. The highest BCUT2D eigenvalue weighted by Gasteiger charge is 2.14. The van der Waals surface area contributed by atoms with Crippen LogP contribution in [0.3, 0.4) is 0 Å². The smallest absolute Gasteiger partial charge is 0.165 e. The second kappa shape index (κ2) is 9.42. The maximum atomic E-state index is 14.1. The molecule has 3 nitrogen and oxygen atoms in total. The van der Waals surface area contributed by atoms with Crippen molar-refractivity contribution in [2.45, 2.75) is 33.1 Å². The largest absolute Gasteiger partial charge is 0.493 e. The van der Waals surface area contributed by atoms with Crippen LogP contribution in [0.2, 0.25) is 0 Å². The van der Waals surface area contributed by atoms with E-state index in [0.717, 1.165) is 23.3 Å². The molecule has 0 aliphatic rings. The van der Waals surface area contributed by atoms with Gasteiger partial charge in [-0.2, -0.15) is 0 Å². The lowest BCUT2D eigenvalue weighted by Gasteiger charge is -2.17. The Kier molecular flexibility index (Phi) is 7.26. The first-order valence-corrected chi connectivity index (χ1v) is 8.87. The average molecular weight is 345 g/mol. The van der Waals surface area contributed by atoms with Gasteiger partial charge in [0.25, 0.3) is 0 Å². The SMILES string of the molecule is CCOc1ccc(C(CN)Cc2cccc(OCC(C)C)c2)cc1F. The number of halogens is 1. The molecule has 4 heteroatoms. The minimum Gasteiger partial charge on any atom is -0.493 e. The van der Waals surface area contributed by atoms with E-state index in [1.807, 2.05) is 31.2 Å². The van der Waals surface area contributed by atoms with Gasteiger partial charge in [-0.05, 0) is 61.2 Å². The molecule has 2 aromatic rings. The lowest BCUT2D eigenvalue weighted by molar-refractivity contribution is 0.271. The first-order valence-electron chi connectivity index (χ1n) is 8.87. The summed E-state index contributed by atoms with van der Waals surface area (Å²) in [5.74, 6) is 1.33. The molecule has 2 rings (SSSR count). The summed E-state index contributed by atoms with van der Waals surface area (Å²) in [6, 6.07) is 13.1. The van der Waals surface area contributed by atoms with Crippen LogP contribution in [-0.4, -0.2) is 19.8 Å². The van der Waals surface area contributed by atoms with Crippen molar-refractivity contribution >= 4 is 0 Å². The molecule has 0 amide bonds. The van der Waals surface area contributed by atoms with E-state index >= 15 is 0 Å². The third-order valence-electron chi connectivity index (χ3n) is 3.98. The van der Waals surface area contributed by atoms with Crippen LogP contribution in [0.1, 0.15) is 37.8 Å². The molecule has 136 valence electrons. The van der Waals surface area contributed by atoms with E-state index in [4.69, 9.17) is 15.2 Å². The summed E-state index contributed by atoms with van der Waals surface area (Å²) in [6.45, 7) is 7.66. The Labute approximate surface area is 150 Å². The summed E-state index contributed by atoms with van der Waals surface area (Å²) in [6.07, 6.45) is 0.739. The first-order chi connectivity index (χ1) is 12.0. The molecule has 0 heterocycles. The van der Waals surface area contributed by atoms with Crippen LogP contribution in [0.5, 0.6) is 11.5 Å². The highest BCUT2D eigenvalue weighted by molar-refractivity contribution is 5.34. The molecule has 1 atom stereocenters. The number of hydrogen-bond acceptors (Lipinski definition) is 3. The summed E-state index contributed by atoms with van der Waals surface area (Å²) in [5.41, 5.74) is 7.97. The zero-order valence-electron chi connectivity index (χ0n) is 15.3. The fourth-order valence-electron chi connectivity index (χ4n) is 2.69. The van der Waals surface area contributed by atoms with Gasteiger partial charge in [0.2, 0.25) is 0 Å². The van der Waals surface area contributed by atoms with Crippen LogP contribution >= 0.6 is 0 Å². The molecule has 1 unspecified atom stereocenters. The van der Waals surface area contributed by atoms with Gasteiger partial charge in [0.1, 0.15) is 5.75 Å². The van der Waals surface area contributed by atoms with Gasteiger partial charge >= 0.3 is 0 Å². The predicted octanol–water partition coefficient (Wildman–Crippen LogP) is 4.54. The van der Waals surface area contributed by atoms with Crippen LogP contribution in [0.15, 0.2) is 42.5 Å². The Morgan fingerprint density at radius 2 is 1.88 bits per heavy atom. The Morgan fingerprint density at radius 3 is 2.52 bits per heavy atom. The molecule has 0 saturated carbocycles. The summed E-state index contributed by atoms with van der Waals surface area (Å²) < 4.78 is 25.2. The zero-order valence-corrected chi connectivity index (χ0v) is 15.3. The minimum atomic E-state index is -0.341. The van der Waals surface area contributed by atoms with Crippen molar-refractivity contribution in [2.24, 2.45) is 11.7 Å². The van der Waals surface area contributed by atoms with Crippen molar-refractivity contribution in [3.05, 3.63) is 59.4 Å². The third kappa shape index (κ3) is 5.75. The van der Waals surface area contributed by atoms with E-state index in [9.17, 15) is 4.39 Å². The lowest BCUT2D eigenvalue weighted by Crippen LogP contribution is -2.15. The van der Waals surface area contributed by atoms with Crippen molar-refractivity contribution in [3.8, 4) is 11.5 Å². The van der Waals surface area contributed by atoms with Gasteiger partial charge in [-0.1, -0.05) is 32.0 Å². The molecule has 25 heavy (non-hydrogen) atoms. The Bertz CT molecular complexity index is 673. The summed E-state index contributed by atoms with van der Waals surface area (Å²) in [7, 11) is 0. The third-order valence-corrected chi connectivity index (χ3v) is 3.98. The molecule has 0 bridgehead atoms. The number of hydrogen-bond donors (Lipinski definition) is 1. The Hall–Kier alpha value is -2.07. The van der Waals surface area contributed by atoms with Crippen molar-refractivity contribution in [2.75, 3.05) is 19.8 Å². The van der Waals surface area contributed by atoms with Crippen LogP contribution in [0.25, 0.3) is 0 Å². The van der Waals surface area contributed by atoms with E-state index < -0.39 is 0 Å². The highest BCUT2D eigenvalue weighted by atomic mass is 19.1. The predicted molar refractivity (Wildman–Crippen MR) is 99.8 cm³/mol. The number of benzene rings is 2. The maximum Gasteiger partial charge on any atom is 0.165 e. The molecular formula is C21H28FNO2. The standard InChI is InChI=1S/C21H28FNO2/c1-4-24-21-9-8-17(12-20(21)22)18(13-23)10-16-6-5-7-19(11-16)25-14-15(2)3/h5-9,11-12,15,18H,4,10,13-14,23H2,1-3H3. The molecule has 0 aliphatic carbocycles. The summed E-state index contributed by atoms with van der Waals surface area (Å²) in [5, 5.41) is 0. The van der Waals surface area contributed by atoms with Gasteiger partial charge in [-0.15, -0.1) is 0 Å². The van der Waals surface area contributed by atoms with E-state index in [1.165, 1.54) is 6.07 Å². The van der Waals surface area contributed by atoms with Gasteiger partial charge in [-0.3, -0.25) is 0 Å². The van der Waals surface area contributed by atoms with Crippen LogP contribution < -0.4 is 15.2 Å². The maximum absolute atomic E-state index is 14.1. The first kappa shape index (κ1) is 19.3. The van der Waals surface area contributed by atoms with Crippen molar-refractivity contribution in [3.63, 3.8) is 0 Å². The molecule has 0 aromatic heterocycles. The normalized spacial score (nSPS) is 12.2. The quantitative estimate of drug-likeness (QED) is 0.725. The molecule has 0 saturated heterocycles. The van der Waals surface area contributed by atoms with Crippen LogP contribution in [-0.2, 0) is 6.42 Å². The molecule has 2 N–H and O–H groups in total. The summed E-state index contributed by atoms with van der Waals surface area (Å²) in [4.78, 5) is 0. The van der Waals surface area contributed by atoms with Crippen molar-refractivity contribution in [1.29, 1.82) is 0 Å². The van der Waals surface area contributed by atoms with Gasteiger partial charge in [-0.25, -0.2) is 4.39 Å². The van der Waals surface area contributed by atoms with E-state index in [0.29, 0.717) is 25.7 Å². The van der Waals surface area contributed by atoms with Crippen molar-refractivity contribution in [1.82, 2.24) is 0 Å². The zero-order chi connectivity index (χ0) is 18.2. The van der Waals surface area contributed by atoms with Gasteiger partial charge in [0.05, 0.1) is 13.2 Å². The fraction of sp³-hybridized carbons (Fsp3) is 0.429. The Balaban J connectivity index is 2.11. The minimum absolute atomic E-state index is 0.0468. The molecule has 0 radical (unpaired) electrons. The lowest BCUT2D eigenvalue weighted by atomic mass is 9.92. The molecule has 2 aromatic carbocycles.